The highest BCUT2D eigenvalue weighted by Crippen LogP contribution is 2.15. The van der Waals surface area contributed by atoms with E-state index in [1.54, 1.807) is 24.3 Å². The lowest BCUT2D eigenvalue weighted by atomic mass is 10.2. The van der Waals surface area contributed by atoms with Gasteiger partial charge in [0.1, 0.15) is 0 Å². The standard InChI is InChI=1S/C8H10O3S/c1-11-12(10)8(9)7-5-3-2-4-6-7/h2-6,8-9H,1H3. The molecule has 0 bridgehead atoms. The van der Waals surface area contributed by atoms with Gasteiger partial charge in [0, 0.05) is 0 Å². The van der Waals surface area contributed by atoms with E-state index in [1.165, 1.54) is 7.11 Å². The van der Waals surface area contributed by atoms with Crippen LogP contribution in [-0.4, -0.2) is 16.4 Å². The monoisotopic (exact) mass is 186 g/mol. The summed E-state index contributed by atoms with van der Waals surface area (Å²) in [5.74, 6) is 0. The molecule has 0 fully saturated rings. The Kier molecular flexibility index (Phi) is 3.40. The molecule has 66 valence electrons. The second kappa shape index (κ2) is 4.35. The van der Waals surface area contributed by atoms with E-state index in [-0.39, 0.29) is 0 Å². The van der Waals surface area contributed by atoms with Crippen molar-refractivity contribution in [3.05, 3.63) is 35.9 Å². The maximum Gasteiger partial charge on any atom is 0.189 e. The lowest BCUT2D eigenvalue weighted by Crippen LogP contribution is -2.06. The average Bonchev–Trinajstić information content (AvgIpc) is 2.17. The zero-order chi connectivity index (χ0) is 8.97. The molecule has 2 unspecified atom stereocenters. The molecule has 0 amide bonds. The summed E-state index contributed by atoms with van der Waals surface area (Å²) in [6, 6.07) is 8.76. The molecular formula is C8H10O3S. The molecule has 0 radical (unpaired) electrons. The third-order valence-corrected chi connectivity index (χ3v) is 2.40. The Labute approximate surface area is 73.7 Å². The highest BCUT2D eigenvalue weighted by atomic mass is 32.2. The molecule has 3 nitrogen and oxygen atoms in total. The van der Waals surface area contributed by atoms with Crippen LogP contribution in [0.25, 0.3) is 0 Å². The largest absolute Gasteiger partial charge is 0.373 e. The van der Waals surface area contributed by atoms with Gasteiger partial charge >= 0.3 is 0 Å². The minimum atomic E-state index is -1.67. The van der Waals surface area contributed by atoms with E-state index in [9.17, 15) is 9.32 Å². The Morgan fingerprint density at radius 1 is 1.42 bits per heavy atom. The lowest BCUT2D eigenvalue weighted by molar-refractivity contribution is 0.244. The fraction of sp³-hybridized carbons (Fsp3) is 0.250. The molecule has 4 heteroatoms. The van der Waals surface area contributed by atoms with E-state index < -0.39 is 16.5 Å². The summed E-state index contributed by atoms with van der Waals surface area (Å²) in [5, 5.41) is 9.36. The van der Waals surface area contributed by atoms with E-state index in [2.05, 4.69) is 4.18 Å². The van der Waals surface area contributed by atoms with Gasteiger partial charge in [-0.3, -0.25) is 4.18 Å². The molecule has 12 heavy (non-hydrogen) atoms. The topological polar surface area (TPSA) is 46.5 Å². The number of hydrogen-bond donors (Lipinski definition) is 1. The van der Waals surface area contributed by atoms with Crippen LogP contribution < -0.4 is 0 Å². The fourth-order valence-corrected chi connectivity index (χ4v) is 1.38. The number of benzene rings is 1. The van der Waals surface area contributed by atoms with E-state index in [1.807, 2.05) is 6.07 Å². The van der Waals surface area contributed by atoms with Crippen LogP contribution in [0.5, 0.6) is 0 Å². The summed E-state index contributed by atoms with van der Waals surface area (Å²) in [6.07, 6.45) is 0. The minimum Gasteiger partial charge on any atom is -0.373 e. The quantitative estimate of drug-likeness (QED) is 0.765. The summed E-state index contributed by atoms with van der Waals surface area (Å²) < 4.78 is 15.4. The smallest absolute Gasteiger partial charge is 0.189 e. The average molecular weight is 186 g/mol. The predicted octanol–water partition coefficient (Wildman–Crippen LogP) is 0.988. The van der Waals surface area contributed by atoms with Gasteiger partial charge in [-0.1, -0.05) is 30.3 Å². The third-order valence-electron chi connectivity index (χ3n) is 1.43. The Morgan fingerprint density at radius 3 is 2.50 bits per heavy atom. The van der Waals surface area contributed by atoms with Crippen molar-refractivity contribution in [2.24, 2.45) is 0 Å². The highest BCUT2D eigenvalue weighted by Gasteiger charge is 2.13. The molecule has 1 aromatic carbocycles. The molecule has 0 spiro atoms. The second-order valence-corrected chi connectivity index (χ2v) is 3.49. The SMILES string of the molecule is COS(=O)C(O)c1ccccc1. The van der Waals surface area contributed by atoms with Gasteiger partial charge in [0.05, 0.1) is 7.11 Å². The fourth-order valence-electron chi connectivity index (χ4n) is 0.820. The first-order chi connectivity index (χ1) is 5.75. The third kappa shape index (κ3) is 2.14. The van der Waals surface area contributed by atoms with Crippen LogP contribution in [-0.2, 0) is 15.3 Å². The molecule has 1 N–H and O–H groups in total. The minimum absolute atomic E-state index is 0.595. The van der Waals surface area contributed by atoms with Gasteiger partial charge in [-0.15, -0.1) is 0 Å². The summed E-state index contributed by atoms with van der Waals surface area (Å²) in [4.78, 5) is 0. The number of rotatable bonds is 3. The van der Waals surface area contributed by atoms with Gasteiger partial charge in [-0.05, 0) is 5.56 Å². The van der Waals surface area contributed by atoms with E-state index >= 15 is 0 Å². The highest BCUT2D eigenvalue weighted by molar-refractivity contribution is 7.80. The van der Waals surface area contributed by atoms with Crippen molar-refractivity contribution in [3.63, 3.8) is 0 Å². The molecule has 0 aromatic heterocycles. The molecule has 2 atom stereocenters. The van der Waals surface area contributed by atoms with Gasteiger partial charge in [0.15, 0.2) is 16.5 Å². The van der Waals surface area contributed by atoms with E-state index in [0.29, 0.717) is 5.56 Å². The van der Waals surface area contributed by atoms with Crippen molar-refractivity contribution < 1.29 is 13.5 Å². The number of aliphatic hydroxyl groups is 1. The van der Waals surface area contributed by atoms with Crippen LogP contribution in [0.1, 0.15) is 11.0 Å². The molecule has 0 aliphatic heterocycles. The molecule has 0 saturated heterocycles. The summed E-state index contributed by atoms with van der Waals surface area (Å²) in [5.41, 5.74) is -0.464. The van der Waals surface area contributed by atoms with Crippen LogP contribution in [0.2, 0.25) is 0 Å². The van der Waals surface area contributed by atoms with Gasteiger partial charge < -0.3 is 5.11 Å². The molecular weight excluding hydrogens is 176 g/mol. The predicted molar refractivity (Wildman–Crippen MR) is 46.6 cm³/mol. The Hall–Kier alpha value is -0.710. The van der Waals surface area contributed by atoms with Gasteiger partial charge in [0.2, 0.25) is 0 Å². The van der Waals surface area contributed by atoms with E-state index in [0.717, 1.165) is 0 Å². The van der Waals surface area contributed by atoms with Crippen molar-refractivity contribution in [2.45, 2.75) is 5.44 Å². The second-order valence-electron chi connectivity index (χ2n) is 2.19. The zero-order valence-corrected chi connectivity index (χ0v) is 7.45. The maximum absolute atomic E-state index is 11.0. The number of hydrogen-bond acceptors (Lipinski definition) is 3. The van der Waals surface area contributed by atoms with Gasteiger partial charge in [-0.2, -0.15) is 0 Å². The first-order valence-corrected chi connectivity index (χ1v) is 4.57. The first-order valence-electron chi connectivity index (χ1n) is 3.43. The van der Waals surface area contributed by atoms with Crippen molar-refractivity contribution >= 4 is 11.1 Å². The Balaban J connectivity index is 2.78. The Morgan fingerprint density at radius 2 is 2.00 bits per heavy atom. The molecule has 1 aromatic rings. The molecule has 0 aliphatic carbocycles. The molecule has 0 saturated carbocycles. The van der Waals surface area contributed by atoms with Crippen molar-refractivity contribution in [1.82, 2.24) is 0 Å². The molecule has 0 heterocycles. The van der Waals surface area contributed by atoms with Crippen LogP contribution in [0.3, 0.4) is 0 Å². The van der Waals surface area contributed by atoms with E-state index in [4.69, 9.17) is 0 Å². The summed E-state index contributed by atoms with van der Waals surface area (Å²) >= 11 is -1.67. The van der Waals surface area contributed by atoms with Gasteiger partial charge in [-0.25, -0.2) is 4.21 Å². The van der Waals surface area contributed by atoms with Crippen molar-refractivity contribution in [1.29, 1.82) is 0 Å². The zero-order valence-electron chi connectivity index (χ0n) is 6.64. The van der Waals surface area contributed by atoms with Crippen molar-refractivity contribution in [3.8, 4) is 0 Å². The van der Waals surface area contributed by atoms with Crippen LogP contribution in [0.15, 0.2) is 30.3 Å². The molecule has 0 aliphatic rings. The summed E-state index contributed by atoms with van der Waals surface area (Å²) in [7, 11) is 1.29. The summed E-state index contributed by atoms with van der Waals surface area (Å²) in [6.45, 7) is 0. The normalized spacial score (nSPS) is 15.5. The van der Waals surface area contributed by atoms with Gasteiger partial charge in [0.25, 0.3) is 0 Å². The van der Waals surface area contributed by atoms with Crippen LogP contribution in [0.4, 0.5) is 0 Å². The molecule has 1 rings (SSSR count). The van der Waals surface area contributed by atoms with Crippen molar-refractivity contribution in [2.75, 3.05) is 7.11 Å². The first kappa shape index (κ1) is 9.38. The maximum atomic E-state index is 11.0. The number of aliphatic hydroxyl groups excluding tert-OH is 1. The Bertz CT molecular complexity index is 260. The van der Waals surface area contributed by atoms with Crippen LogP contribution >= 0.6 is 0 Å². The van der Waals surface area contributed by atoms with Crippen LogP contribution in [0, 0.1) is 0 Å². The lowest BCUT2D eigenvalue weighted by Gasteiger charge is -2.07.